The van der Waals surface area contributed by atoms with E-state index in [1.54, 1.807) is 0 Å². The zero-order valence-corrected chi connectivity index (χ0v) is 16.2. The SMILES string of the molecule is CN1C(=O)C[C@@H]2CN(C(=O)Cc3ccccc3OCc3ccccc3)CC[C@@H]21. The molecule has 2 saturated heterocycles. The predicted molar refractivity (Wildman–Crippen MR) is 107 cm³/mol. The third kappa shape index (κ3) is 3.88. The van der Waals surface area contributed by atoms with E-state index >= 15 is 0 Å². The van der Waals surface area contributed by atoms with Gasteiger partial charge in [0.25, 0.3) is 0 Å². The lowest BCUT2D eigenvalue weighted by atomic mass is 9.92. The van der Waals surface area contributed by atoms with Crippen LogP contribution in [0.3, 0.4) is 0 Å². The largest absolute Gasteiger partial charge is 0.489 e. The zero-order valence-electron chi connectivity index (χ0n) is 16.2. The number of benzene rings is 2. The van der Waals surface area contributed by atoms with Crippen LogP contribution in [-0.2, 0) is 22.6 Å². The molecule has 0 N–H and O–H groups in total. The summed E-state index contributed by atoms with van der Waals surface area (Å²) in [5.74, 6) is 1.32. The molecule has 2 aromatic rings. The number of nitrogens with zero attached hydrogens (tertiary/aromatic N) is 2. The van der Waals surface area contributed by atoms with Gasteiger partial charge in [-0.15, -0.1) is 0 Å². The van der Waals surface area contributed by atoms with Crippen LogP contribution in [0.15, 0.2) is 54.6 Å². The van der Waals surface area contributed by atoms with Crippen LogP contribution in [0, 0.1) is 5.92 Å². The zero-order chi connectivity index (χ0) is 19.5. The number of ether oxygens (including phenoxy) is 1. The van der Waals surface area contributed by atoms with E-state index in [0.29, 0.717) is 32.5 Å². The molecule has 0 spiro atoms. The molecule has 0 radical (unpaired) electrons. The second-order valence-electron chi connectivity index (χ2n) is 7.72. The molecule has 2 atom stereocenters. The van der Waals surface area contributed by atoms with Gasteiger partial charge in [0.15, 0.2) is 0 Å². The Hall–Kier alpha value is -2.82. The third-order valence-electron chi connectivity index (χ3n) is 5.93. The van der Waals surface area contributed by atoms with Gasteiger partial charge in [0.05, 0.1) is 6.42 Å². The number of likely N-dealkylation sites (tertiary alicyclic amines) is 2. The molecule has 2 fully saturated rings. The fraction of sp³-hybridized carbons (Fsp3) is 0.391. The predicted octanol–water partition coefficient (Wildman–Crippen LogP) is 2.89. The van der Waals surface area contributed by atoms with Gasteiger partial charge >= 0.3 is 0 Å². The molecule has 5 heteroatoms. The summed E-state index contributed by atoms with van der Waals surface area (Å²) in [6.45, 7) is 1.87. The Kier molecular flexibility index (Phi) is 5.33. The Morgan fingerprint density at radius 1 is 1.11 bits per heavy atom. The molecule has 4 rings (SSSR count). The number of carbonyl (C=O) groups is 2. The van der Waals surface area contributed by atoms with Crippen molar-refractivity contribution in [2.45, 2.75) is 31.9 Å². The molecule has 2 aromatic carbocycles. The maximum Gasteiger partial charge on any atom is 0.227 e. The molecular weight excluding hydrogens is 352 g/mol. The van der Waals surface area contributed by atoms with Crippen LogP contribution < -0.4 is 4.74 Å². The van der Waals surface area contributed by atoms with Crippen LogP contribution in [0.4, 0.5) is 0 Å². The number of fused-ring (bicyclic) bond motifs is 1. The van der Waals surface area contributed by atoms with Crippen LogP contribution in [0.1, 0.15) is 24.0 Å². The first-order valence-electron chi connectivity index (χ1n) is 9.90. The molecular formula is C23H26N2O3. The Bertz CT molecular complexity index is 852. The summed E-state index contributed by atoms with van der Waals surface area (Å²) < 4.78 is 5.99. The summed E-state index contributed by atoms with van der Waals surface area (Å²) in [6.07, 6.45) is 1.75. The fourth-order valence-corrected chi connectivity index (χ4v) is 4.31. The van der Waals surface area contributed by atoms with Crippen molar-refractivity contribution in [1.29, 1.82) is 0 Å². The molecule has 0 bridgehead atoms. The molecule has 28 heavy (non-hydrogen) atoms. The number of hydrogen-bond donors (Lipinski definition) is 0. The number of amides is 2. The van der Waals surface area contributed by atoms with Gasteiger partial charge < -0.3 is 14.5 Å². The van der Waals surface area contributed by atoms with Gasteiger partial charge in [0.2, 0.25) is 11.8 Å². The number of para-hydroxylation sites is 1. The van der Waals surface area contributed by atoms with Gasteiger partial charge in [-0.1, -0.05) is 48.5 Å². The standard InChI is InChI=1S/C23H26N2O3/c1-24-20-11-12-25(15-19(20)14-22(24)26)23(27)13-18-9-5-6-10-21(18)28-16-17-7-3-2-4-8-17/h2-10,19-20H,11-16H2,1H3/t19-,20+/m1/s1. The molecule has 0 saturated carbocycles. The van der Waals surface area contributed by atoms with Crippen molar-refractivity contribution in [3.05, 3.63) is 65.7 Å². The highest BCUT2D eigenvalue weighted by Crippen LogP contribution is 2.31. The van der Waals surface area contributed by atoms with E-state index < -0.39 is 0 Å². The van der Waals surface area contributed by atoms with Gasteiger partial charge in [-0.3, -0.25) is 9.59 Å². The summed E-state index contributed by atoms with van der Waals surface area (Å²) in [6, 6.07) is 18.0. The first-order valence-corrected chi connectivity index (χ1v) is 9.90. The van der Waals surface area contributed by atoms with E-state index in [-0.39, 0.29) is 23.8 Å². The van der Waals surface area contributed by atoms with E-state index in [1.165, 1.54) is 0 Å². The second kappa shape index (κ2) is 8.05. The summed E-state index contributed by atoms with van der Waals surface area (Å²) in [7, 11) is 1.88. The molecule has 2 aliphatic heterocycles. The lowest BCUT2D eigenvalue weighted by Crippen LogP contribution is -2.47. The van der Waals surface area contributed by atoms with Crippen molar-refractivity contribution in [3.63, 3.8) is 0 Å². The highest BCUT2D eigenvalue weighted by Gasteiger charge is 2.41. The van der Waals surface area contributed by atoms with E-state index in [1.807, 2.05) is 71.4 Å². The lowest BCUT2D eigenvalue weighted by molar-refractivity contribution is -0.132. The third-order valence-corrected chi connectivity index (χ3v) is 5.93. The average Bonchev–Trinajstić information content (AvgIpc) is 3.01. The summed E-state index contributed by atoms with van der Waals surface area (Å²) in [5, 5.41) is 0. The van der Waals surface area contributed by atoms with Crippen molar-refractivity contribution in [1.82, 2.24) is 9.80 Å². The van der Waals surface area contributed by atoms with Crippen molar-refractivity contribution in [3.8, 4) is 5.75 Å². The lowest BCUT2D eigenvalue weighted by Gasteiger charge is -2.36. The highest BCUT2D eigenvalue weighted by molar-refractivity contribution is 5.81. The maximum atomic E-state index is 12.9. The molecule has 0 aromatic heterocycles. The molecule has 146 valence electrons. The minimum Gasteiger partial charge on any atom is -0.489 e. The fourth-order valence-electron chi connectivity index (χ4n) is 4.31. The molecule has 0 aliphatic carbocycles. The maximum absolute atomic E-state index is 12.9. The number of hydrogen-bond acceptors (Lipinski definition) is 3. The van der Waals surface area contributed by atoms with Crippen molar-refractivity contribution in [2.75, 3.05) is 20.1 Å². The van der Waals surface area contributed by atoms with E-state index in [2.05, 4.69) is 0 Å². The monoisotopic (exact) mass is 378 g/mol. The van der Waals surface area contributed by atoms with Crippen LogP contribution in [0.25, 0.3) is 0 Å². The van der Waals surface area contributed by atoms with Crippen molar-refractivity contribution >= 4 is 11.8 Å². The Morgan fingerprint density at radius 3 is 2.68 bits per heavy atom. The molecule has 2 heterocycles. The number of piperidine rings is 1. The minimum absolute atomic E-state index is 0.108. The van der Waals surface area contributed by atoms with Crippen LogP contribution in [0.5, 0.6) is 5.75 Å². The van der Waals surface area contributed by atoms with E-state index in [0.717, 1.165) is 23.3 Å². The molecule has 2 aliphatic rings. The van der Waals surface area contributed by atoms with E-state index in [9.17, 15) is 9.59 Å². The van der Waals surface area contributed by atoms with Crippen molar-refractivity contribution < 1.29 is 14.3 Å². The molecule has 5 nitrogen and oxygen atoms in total. The first kappa shape index (κ1) is 18.5. The molecule has 2 amide bonds. The van der Waals surface area contributed by atoms with Crippen LogP contribution in [0.2, 0.25) is 0 Å². The normalized spacial score (nSPS) is 21.5. The average molecular weight is 378 g/mol. The first-order chi connectivity index (χ1) is 13.6. The van der Waals surface area contributed by atoms with E-state index in [4.69, 9.17) is 4.74 Å². The van der Waals surface area contributed by atoms with Gasteiger partial charge in [0, 0.05) is 44.1 Å². The summed E-state index contributed by atoms with van der Waals surface area (Å²) >= 11 is 0. The highest BCUT2D eigenvalue weighted by atomic mass is 16.5. The van der Waals surface area contributed by atoms with Crippen LogP contribution >= 0.6 is 0 Å². The van der Waals surface area contributed by atoms with Gasteiger partial charge in [0.1, 0.15) is 12.4 Å². The van der Waals surface area contributed by atoms with Gasteiger partial charge in [-0.25, -0.2) is 0 Å². The Labute approximate surface area is 165 Å². The Balaban J connectivity index is 1.39. The quantitative estimate of drug-likeness (QED) is 0.804. The number of carbonyl (C=O) groups excluding carboxylic acids is 2. The number of rotatable bonds is 5. The van der Waals surface area contributed by atoms with Crippen LogP contribution in [-0.4, -0.2) is 47.8 Å². The summed E-state index contributed by atoms with van der Waals surface area (Å²) in [5.41, 5.74) is 2.01. The smallest absolute Gasteiger partial charge is 0.227 e. The second-order valence-corrected chi connectivity index (χ2v) is 7.72. The minimum atomic E-state index is 0.108. The van der Waals surface area contributed by atoms with Gasteiger partial charge in [-0.05, 0) is 18.1 Å². The van der Waals surface area contributed by atoms with Gasteiger partial charge in [-0.2, -0.15) is 0 Å². The molecule has 0 unspecified atom stereocenters. The Morgan fingerprint density at radius 2 is 1.86 bits per heavy atom. The summed E-state index contributed by atoms with van der Waals surface area (Å²) in [4.78, 5) is 28.6. The van der Waals surface area contributed by atoms with Crippen molar-refractivity contribution in [2.24, 2.45) is 5.92 Å². The topological polar surface area (TPSA) is 49.9 Å².